The van der Waals surface area contributed by atoms with E-state index < -0.39 is 17.7 Å². The molecule has 0 bridgehead atoms. The van der Waals surface area contributed by atoms with Crippen LogP contribution in [0.2, 0.25) is 0 Å². The van der Waals surface area contributed by atoms with Crippen LogP contribution in [0, 0.1) is 23.0 Å². The molecule has 0 amide bonds. The average molecular weight is 276 g/mol. The third kappa shape index (κ3) is 2.90. The second-order valence-corrected chi connectivity index (χ2v) is 3.76. The molecule has 0 aliphatic rings. The van der Waals surface area contributed by atoms with Gasteiger partial charge in [-0.15, -0.1) is 0 Å². The van der Waals surface area contributed by atoms with Crippen LogP contribution in [-0.2, 0) is 0 Å². The van der Waals surface area contributed by atoms with Crippen molar-refractivity contribution in [1.29, 1.82) is 5.26 Å². The summed E-state index contributed by atoms with van der Waals surface area (Å²) in [7, 11) is 0. The summed E-state index contributed by atoms with van der Waals surface area (Å²) in [6, 6.07) is 4.13. The van der Waals surface area contributed by atoms with E-state index in [2.05, 4.69) is 15.9 Å². The number of ether oxygens (including phenoxy) is 1. The van der Waals surface area contributed by atoms with Crippen molar-refractivity contribution in [2.24, 2.45) is 0 Å². The second kappa shape index (κ2) is 5.08. The van der Waals surface area contributed by atoms with E-state index in [0.29, 0.717) is 10.9 Å². The monoisotopic (exact) mass is 275 g/mol. The Balaban J connectivity index is 3.00. The zero-order valence-electron chi connectivity index (χ0n) is 7.93. The maximum atomic E-state index is 13.2. The first kappa shape index (κ1) is 11.9. The summed E-state index contributed by atoms with van der Waals surface area (Å²) in [5.74, 6) is -2.34. The molecule has 0 spiro atoms. The summed E-state index contributed by atoms with van der Waals surface area (Å²) in [6.45, 7) is 1.72. The van der Waals surface area contributed by atoms with Crippen molar-refractivity contribution in [3.05, 3.63) is 28.2 Å². The van der Waals surface area contributed by atoms with Gasteiger partial charge in [-0.1, -0.05) is 22.9 Å². The zero-order chi connectivity index (χ0) is 11.4. The molecule has 1 rings (SSSR count). The Kier molecular flexibility index (Phi) is 4.04. The molecule has 0 fully saturated rings. The van der Waals surface area contributed by atoms with Crippen LogP contribution in [0.15, 0.2) is 16.6 Å². The third-order valence-corrected chi connectivity index (χ3v) is 2.20. The van der Waals surface area contributed by atoms with E-state index >= 15 is 0 Å². The first-order valence-electron chi connectivity index (χ1n) is 4.29. The summed E-state index contributed by atoms with van der Waals surface area (Å²) in [6.07, 6.45) is -0.363. The molecule has 0 aromatic heterocycles. The predicted molar refractivity (Wildman–Crippen MR) is 54.4 cm³/mol. The summed E-state index contributed by atoms with van der Waals surface area (Å²) < 4.78 is 31.5. The van der Waals surface area contributed by atoms with Gasteiger partial charge in [-0.25, -0.2) is 4.39 Å². The highest BCUT2D eigenvalue weighted by Gasteiger charge is 2.14. The summed E-state index contributed by atoms with van der Waals surface area (Å²) >= 11 is 3.01. The fraction of sp³-hybridized carbons (Fsp3) is 0.300. The molecule has 0 aliphatic carbocycles. The number of hydrogen-bond acceptors (Lipinski definition) is 2. The molecule has 0 N–H and O–H groups in total. The highest BCUT2D eigenvalue weighted by atomic mass is 79.9. The number of hydrogen-bond donors (Lipinski definition) is 0. The minimum atomic E-state index is -1.08. The first-order valence-corrected chi connectivity index (χ1v) is 5.08. The second-order valence-electron chi connectivity index (χ2n) is 2.84. The van der Waals surface area contributed by atoms with E-state index in [1.807, 2.05) is 6.07 Å². The van der Waals surface area contributed by atoms with Gasteiger partial charge in [-0.3, -0.25) is 0 Å². The fourth-order valence-electron chi connectivity index (χ4n) is 0.972. The Morgan fingerprint density at radius 2 is 2.20 bits per heavy atom. The third-order valence-electron chi connectivity index (χ3n) is 1.74. The average Bonchev–Trinajstić information content (AvgIpc) is 2.21. The highest BCUT2D eigenvalue weighted by Crippen LogP contribution is 2.26. The van der Waals surface area contributed by atoms with E-state index in [4.69, 9.17) is 10.00 Å². The van der Waals surface area contributed by atoms with Gasteiger partial charge >= 0.3 is 0 Å². The van der Waals surface area contributed by atoms with Gasteiger partial charge in [0.2, 0.25) is 5.82 Å². The van der Waals surface area contributed by atoms with Gasteiger partial charge in [0.1, 0.15) is 6.07 Å². The molecule has 1 atom stereocenters. The Labute approximate surface area is 94.6 Å². The minimum absolute atomic E-state index is 0.254. The molecule has 0 heterocycles. The first-order chi connectivity index (χ1) is 7.08. The highest BCUT2D eigenvalue weighted by molar-refractivity contribution is 9.10. The number of nitriles is 1. The van der Waals surface area contributed by atoms with Gasteiger partial charge in [-0.2, -0.15) is 9.65 Å². The lowest BCUT2D eigenvalue weighted by Crippen LogP contribution is -2.13. The zero-order valence-corrected chi connectivity index (χ0v) is 9.51. The maximum absolute atomic E-state index is 13.2. The number of halogens is 3. The van der Waals surface area contributed by atoms with E-state index in [9.17, 15) is 8.78 Å². The molecule has 1 unspecified atom stereocenters. The van der Waals surface area contributed by atoms with E-state index in [1.165, 1.54) is 6.07 Å². The number of rotatable bonds is 3. The summed E-state index contributed by atoms with van der Waals surface area (Å²) in [5, 5.41) is 8.61. The van der Waals surface area contributed by atoms with Crippen molar-refractivity contribution >= 4 is 15.9 Å². The molecule has 1 aromatic carbocycles. The van der Waals surface area contributed by atoms with Crippen molar-refractivity contribution in [1.82, 2.24) is 0 Å². The Hall–Kier alpha value is -1.15. The van der Waals surface area contributed by atoms with Crippen molar-refractivity contribution in [3.63, 3.8) is 0 Å². The van der Waals surface area contributed by atoms with Crippen LogP contribution in [0.1, 0.15) is 13.3 Å². The van der Waals surface area contributed by atoms with Crippen molar-refractivity contribution in [2.45, 2.75) is 19.4 Å². The molecule has 1 aromatic rings. The Morgan fingerprint density at radius 3 is 2.73 bits per heavy atom. The molecule has 0 saturated carbocycles. The van der Waals surface area contributed by atoms with Crippen LogP contribution in [0.3, 0.4) is 0 Å². The van der Waals surface area contributed by atoms with Crippen LogP contribution in [0.25, 0.3) is 0 Å². The van der Waals surface area contributed by atoms with Crippen LogP contribution < -0.4 is 4.74 Å². The fourth-order valence-corrected chi connectivity index (χ4v) is 1.38. The van der Waals surface area contributed by atoms with E-state index in [-0.39, 0.29) is 5.75 Å². The van der Waals surface area contributed by atoms with Gasteiger partial charge in [-0.05, 0) is 18.6 Å². The molecule has 80 valence electrons. The van der Waals surface area contributed by atoms with Gasteiger partial charge < -0.3 is 4.74 Å². The van der Waals surface area contributed by atoms with Crippen molar-refractivity contribution in [3.8, 4) is 11.8 Å². The lowest BCUT2D eigenvalue weighted by Gasteiger charge is -2.11. The predicted octanol–water partition coefficient (Wildman–Crippen LogP) is 3.41. The van der Waals surface area contributed by atoms with Gasteiger partial charge in [0.15, 0.2) is 17.7 Å². The standard InChI is InChI=1S/C10H8BrF2NO/c1-2-7(5-14)15-9-4-6(11)3-8(12)10(9)13/h3-4,7H,2H2,1H3. The van der Waals surface area contributed by atoms with Gasteiger partial charge in [0, 0.05) is 4.47 Å². The smallest absolute Gasteiger partial charge is 0.200 e. The molecule has 0 radical (unpaired) electrons. The van der Waals surface area contributed by atoms with Crippen LogP contribution in [0.4, 0.5) is 8.78 Å². The van der Waals surface area contributed by atoms with Crippen LogP contribution >= 0.6 is 15.9 Å². The molecular formula is C10H8BrF2NO. The molecule has 0 aliphatic heterocycles. The van der Waals surface area contributed by atoms with Crippen molar-refractivity contribution < 1.29 is 13.5 Å². The topological polar surface area (TPSA) is 33.0 Å². The summed E-state index contributed by atoms with van der Waals surface area (Å²) in [5.41, 5.74) is 0. The molecule has 5 heteroatoms. The molecular weight excluding hydrogens is 268 g/mol. The Bertz CT molecular complexity index is 403. The summed E-state index contributed by atoms with van der Waals surface area (Å²) in [4.78, 5) is 0. The van der Waals surface area contributed by atoms with Crippen LogP contribution in [-0.4, -0.2) is 6.10 Å². The van der Waals surface area contributed by atoms with E-state index in [1.54, 1.807) is 6.92 Å². The van der Waals surface area contributed by atoms with E-state index in [0.717, 1.165) is 6.07 Å². The molecule has 0 saturated heterocycles. The maximum Gasteiger partial charge on any atom is 0.200 e. The SMILES string of the molecule is CCC(C#N)Oc1cc(Br)cc(F)c1F. The normalized spacial score (nSPS) is 11.9. The quantitative estimate of drug-likeness (QED) is 0.792. The molecule has 15 heavy (non-hydrogen) atoms. The number of nitrogens with zero attached hydrogens (tertiary/aromatic N) is 1. The van der Waals surface area contributed by atoms with Gasteiger partial charge in [0.25, 0.3) is 0 Å². The Morgan fingerprint density at radius 1 is 1.53 bits per heavy atom. The molecule has 2 nitrogen and oxygen atoms in total. The lowest BCUT2D eigenvalue weighted by molar-refractivity contribution is 0.236. The van der Waals surface area contributed by atoms with Crippen molar-refractivity contribution in [2.75, 3.05) is 0 Å². The number of benzene rings is 1. The minimum Gasteiger partial charge on any atom is -0.472 e. The lowest BCUT2D eigenvalue weighted by atomic mass is 10.3. The largest absolute Gasteiger partial charge is 0.472 e. The van der Waals surface area contributed by atoms with Gasteiger partial charge in [0.05, 0.1) is 0 Å². The van der Waals surface area contributed by atoms with Crippen LogP contribution in [0.5, 0.6) is 5.75 Å².